The van der Waals surface area contributed by atoms with Gasteiger partial charge in [0.2, 0.25) is 15.9 Å². The summed E-state index contributed by atoms with van der Waals surface area (Å²) in [4.78, 5) is 27.4. The van der Waals surface area contributed by atoms with Crippen LogP contribution in [0.25, 0.3) is 0 Å². The summed E-state index contributed by atoms with van der Waals surface area (Å²) in [6, 6.07) is -0.155. The number of hydrogen-bond donors (Lipinski definition) is 5. The second-order valence-corrected chi connectivity index (χ2v) is 10.8. The van der Waals surface area contributed by atoms with Gasteiger partial charge in [-0.2, -0.15) is 4.83 Å². The van der Waals surface area contributed by atoms with Crippen molar-refractivity contribution in [1.82, 2.24) is 25.8 Å². The van der Waals surface area contributed by atoms with Gasteiger partial charge in [-0.1, -0.05) is 0 Å². The van der Waals surface area contributed by atoms with Crippen LogP contribution in [0.2, 0.25) is 0 Å². The van der Waals surface area contributed by atoms with Gasteiger partial charge in [0, 0.05) is 17.7 Å². The highest BCUT2D eigenvalue weighted by Crippen LogP contribution is 2.26. The van der Waals surface area contributed by atoms with E-state index in [2.05, 4.69) is 25.8 Å². The fraction of sp³-hybridized carbons (Fsp3) is 0.733. The van der Waals surface area contributed by atoms with E-state index in [1.807, 2.05) is 0 Å². The van der Waals surface area contributed by atoms with Crippen LogP contribution in [0.5, 0.6) is 0 Å². The van der Waals surface area contributed by atoms with E-state index in [9.17, 15) is 18.0 Å². The lowest BCUT2D eigenvalue weighted by Crippen LogP contribution is -2.48. The van der Waals surface area contributed by atoms with Crippen LogP contribution in [-0.4, -0.2) is 31.0 Å². The minimum absolute atomic E-state index is 0.155. The molecule has 5 N–H and O–H groups in total. The summed E-state index contributed by atoms with van der Waals surface area (Å²) in [5.41, 5.74) is 8.36. The molecule has 0 unspecified atom stereocenters. The van der Waals surface area contributed by atoms with Gasteiger partial charge in [-0.05, 0) is 65.3 Å². The van der Waals surface area contributed by atoms with E-state index < -0.39 is 14.8 Å². The molecule has 0 aromatic rings. The summed E-state index contributed by atoms with van der Waals surface area (Å²) in [6.07, 6.45) is 2.32. The zero-order valence-corrected chi connectivity index (χ0v) is 17.1. The van der Waals surface area contributed by atoms with Crippen molar-refractivity contribution >= 4 is 33.8 Å². The predicted octanol–water partition coefficient (Wildman–Crippen LogP) is 0.398. The van der Waals surface area contributed by atoms with Gasteiger partial charge in [0.05, 0.1) is 4.75 Å². The molecule has 2 rings (SSSR count). The van der Waals surface area contributed by atoms with Gasteiger partial charge in [0.25, 0.3) is 5.91 Å². The third-order valence-corrected chi connectivity index (χ3v) is 7.62. The Labute approximate surface area is 158 Å². The quantitative estimate of drug-likeness (QED) is 0.338. The number of sulfonamides is 1. The summed E-state index contributed by atoms with van der Waals surface area (Å²) < 4.78 is 26.3. The number of hydrogen-bond acceptors (Lipinski definition) is 7. The standard InChI is InChI=1S/C15H27N5O4S2/c1-9-12(25-20-16-9)14(22)18-17-13(21)10-5-7-11(8-6-10)19-26(23,24)15(2,3)4/h10-11,16,19-20H,5-8H2,1-4H3,(H,17,21)(H,18,22). The zero-order valence-electron chi connectivity index (χ0n) is 15.4. The van der Waals surface area contributed by atoms with Gasteiger partial charge in [-0.25, -0.2) is 13.1 Å². The molecule has 0 bridgehead atoms. The SMILES string of the molecule is CC1=C(C(=O)NNC(=O)C2CCC(NS(=O)(=O)C(C)(C)C)CC2)SNN1. The number of carbonyl (C=O) groups is 2. The van der Waals surface area contributed by atoms with Crippen LogP contribution in [0.1, 0.15) is 53.4 Å². The summed E-state index contributed by atoms with van der Waals surface area (Å²) in [5, 5.41) is 0. The van der Waals surface area contributed by atoms with E-state index in [0.29, 0.717) is 36.3 Å². The lowest BCUT2D eigenvalue weighted by Gasteiger charge is -2.30. The number of carbonyl (C=O) groups excluding carboxylic acids is 2. The van der Waals surface area contributed by atoms with Crippen LogP contribution >= 0.6 is 11.9 Å². The van der Waals surface area contributed by atoms with Gasteiger partial charge < -0.3 is 5.43 Å². The van der Waals surface area contributed by atoms with Crippen LogP contribution in [0, 0.1) is 5.92 Å². The Balaban J connectivity index is 1.78. The molecule has 148 valence electrons. The Morgan fingerprint density at radius 2 is 1.73 bits per heavy atom. The number of nitrogens with one attached hydrogen (secondary N) is 5. The first-order valence-corrected chi connectivity index (χ1v) is 10.8. The van der Waals surface area contributed by atoms with E-state index in [4.69, 9.17) is 0 Å². The van der Waals surface area contributed by atoms with E-state index in [1.165, 1.54) is 0 Å². The van der Waals surface area contributed by atoms with Crippen molar-refractivity contribution in [3.8, 4) is 0 Å². The van der Waals surface area contributed by atoms with Crippen LogP contribution in [-0.2, 0) is 19.6 Å². The molecule has 1 aliphatic heterocycles. The summed E-state index contributed by atoms with van der Waals surface area (Å²) in [6.45, 7) is 6.72. The molecule has 0 spiro atoms. The van der Waals surface area contributed by atoms with Crippen molar-refractivity contribution in [3.63, 3.8) is 0 Å². The average molecular weight is 406 g/mol. The van der Waals surface area contributed by atoms with Crippen molar-refractivity contribution in [2.75, 3.05) is 0 Å². The van der Waals surface area contributed by atoms with Gasteiger partial charge >= 0.3 is 0 Å². The first kappa shape index (κ1) is 21.0. The third-order valence-electron chi connectivity index (χ3n) is 4.46. The summed E-state index contributed by atoms with van der Waals surface area (Å²) in [5.74, 6) is -0.879. The average Bonchev–Trinajstić information content (AvgIpc) is 2.97. The molecule has 0 atom stereocenters. The zero-order chi connectivity index (χ0) is 19.5. The maximum absolute atomic E-state index is 12.2. The first-order valence-electron chi connectivity index (χ1n) is 8.52. The normalized spacial score (nSPS) is 24.2. The fourth-order valence-corrected chi connectivity index (χ4v) is 4.33. The van der Waals surface area contributed by atoms with E-state index in [0.717, 1.165) is 11.9 Å². The predicted molar refractivity (Wildman–Crippen MR) is 100 cm³/mol. The molecule has 0 radical (unpaired) electrons. The number of amides is 2. The number of rotatable bonds is 4. The van der Waals surface area contributed by atoms with Crippen LogP contribution in [0.4, 0.5) is 0 Å². The van der Waals surface area contributed by atoms with Gasteiger partial charge in [0.1, 0.15) is 4.91 Å². The maximum Gasteiger partial charge on any atom is 0.279 e. The van der Waals surface area contributed by atoms with Gasteiger partial charge in [0.15, 0.2) is 0 Å². The molecule has 1 heterocycles. The molecule has 11 heteroatoms. The fourth-order valence-electron chi connectivity index (χ4n) is 2.65. The van der Waals surface area contributed by atoms with Crippen molar-refractivity contribution in [2.45, 2.75) is 64.2 Å². The summed E-state index contributed by atoms with van der Waals surface area (Å²) in [7, 11) is -3.40. The Bertz CT molecular complexity index is 691. The van der Waals surface area contributed by atoms with Crippen molar-refractivity contribution in [1.29, 1.82) is 0 Å². The Morgan fingerprint density at radius 3 is 2.23 bits per heavy atom. The maximum atomic E-state index is 12.2. The smallest absolute Gasteiger partial charge is 0.279 e. The largest absolute Gasteiger partial charge is 0.315 e. The summed E-state index contributed by atoms with van der Waals surface area (Å²) >= 11 is 1.14. The molecule has 2 amide bonds. The number of hydrazine groups is 2. The first-order chi connectivity index (χ1) is 12.0. The monoisotopic (exact) mass is 405 g/mol. The van der Waals surface area contributed by atoms with Gasteiger partial charge in [-0.15, -0.1) is 0 Å². The highest BCUT2D eigenvalue weighted by molar-refractivity contribution is 8.02. The van der Waals surface area contributed by atoms with Crippen molar-refractivity contribution < 1.29 is 18.0 Å². The highest BCUT2D eigenvalue weighted by Gasteiger charge is 2.34. The van der Waals surface area contributed by atoms with E-state index in [1.54, 1.807) is 27.7 Å². The molecule has 0 aromatic heterocycles. The molecule has 0 saturated heterocycles. The van der Waals surface area contributed by atoms with Gasteiger partial charge in [-0.3, -0.25) is 20.4 Å². The molecular weight excluding hydrogens is 378 g/mol. The number of allylic oxidation sites excluding steroid dienone is 1. The Kier molecular flexibility index (Phi) is 6.59. The van der Waals surface area contributed by atoms with Crippen molar-refractivity contribution in [3.05, 3.63) is 10.6 Å². The van der Waals surface area contributed by atoms with E-state index in [-0.39, 0.29) is 23.8 Å². The molecule has 1 fully saturated rings. The topological polar surface area (TPSA) is 128 Å². The van der Waals surface area contributed by atoms with Crippen molar-refractivity contribution in [2.24, 2.45) is 5.92 Å². The molecule has 9 nitrogen and oxygen atoms in total. The lowest BCUT2D eigenvalue weighted by molar-refractivity contribution is -0.130. The second kappa shape index (κ2) is 8.15. The molecule has 2 aliphatic rings. The minimum atomic E-state index is -3.40. The Morgan fingerprint density at radius 1 is 1.12 bits per heavy atom. The molecule has 1 saturated carbocycles. The van der Waals surface area contributed by atoms with E-state index >= 15 is 0 Å². The molecule has 0 aromatic carbocycles. The molecular formula is C15H27N5O4S2. The van der Waals surface area contributed by atoms with Crippen LogP contribution < -0.4 is 25.8 Å². The van der Waals surface area contributed by atoms with Crippen LogP contribution in [0.15, 0.2) is 10.6 Å². The minimum Gasteiger partial charge on any atom is -0.315 e. The third kappa shape index (κ3) is 5.12. The molecule has 26 heavy (non-hydrogen) atoms. The van der Waals surface area contributed by atoms with Crippen LogP contribution in [0.3, 0.4) is 0 Å². The Hall–Kier alpha value is -1.30. The molecule has 1 aliphatic carbocycles. The lowest BCUT2D eigenvalue weighted by atomic mass is 9.86. The highest BCUT2D eigenvalue weighted by atomic mass is 32.2. The second-order valence-electron chi connectivity index (χ2n) is 7.51.